The number of phenols is 1. The number of nitrogen functional groups attached to an aromatic ring is 1. The number of aromatic hydroxyl groups is 1. The van der Waals surface area contributed by atoms with Gasteiger partial charge < -0.3 is 20.3 Å². The second-order valence-corrected chi connectivity index (χ2v) is 5.09. The number of aromatic nitrogens is 2. The number of nitrogens with two attached hydrogens (primary N) is 1. The molecule has 0 radical (unpaired) electrons. The minimum absolute atomic E-state index is 0.0269. The first-order valence-corrected chi connectivity index (χ1v) is 6.83. The summed E-state index contributed by atoms with van der Waals surface area (Å²) in [6, 6.07) is 4.95. The number of hydrogen-bond acceptors (Lipinski definition) is 6. The monoisotopic (exact) mass is 387 g/mol. The minimum Gasteiger partial charge on any atom is -0.504 e. The van der Waals surface area contributed by atoms with E-state index in [9.17, 15) is 5.11 Å². The maximum absolute atomic E-state index is 9.81. The van der Waals surface area contributed by atoms with Crippen LogP contribution in [0.2, 0.25) is 0 Å². The van der Waals surface area contributed by atoms with Gasteiger partial charge in [-0.1, -0.05) is 0 Å². The Hall–Kier alpha value is -1.61. The van der Waals surface area contributed by atoms with E-state index in [2.05, 4.69) is 32.6 Å². The van der Waals surface area contributed by atoms with Gasteiger partial charge in [0, 0.05) is 12.7 Å². The van der Waals surface area contributed by atoms with Gasteiger partial charge in [0.05, 0.1) is 23.0 Å². The van der Waals surface area contributed by atoms with Gasteiger partial charge in [0.2, 0.25) is 0 Å². The Balaban J connectivity index is 2.49. The summed E-state index contributed by atoms with van der Waals surface area (Å²) in [7, 11) is 3.08. The van der Waals surface area contributed by atoms with Gasteiger partial charge in [0.15, 0.2) is 17.3 Å². The Labute approximate surface area is 130 Å². The van der Waals surface area contributed by atoms with Crippen LogP contribution in [0.25, 0.3) is 11.4 Å². The Morgan fingerprint density at radius 2 is 2.05 bits per heavy atom. The van der Waals surface area contributed by atoms with E-state index in [0.29, 0.717) is 35.3 Å². The van der Waals surface area contributed by atoms with E-state index in [1.807, 2.05) is 0 Å². The lowest BCUT2D eigenvalue weighted by Crippen LogP contribution is -2.05. The molecule has 0 amide bonds. The molecule has 7 heteroatoms. The molecule has 2 aromatic rings. The second-order valence-electron chi connectivity index (χ2n) is 4.01. The molecule has 3 N–H and O–H groups in total. The second kappa shape index (κ2) is 6.23. The number of methoxy groups -OCH3 is 2. The molecule has 106 valence electrons. The van der Waals surface area contributed by atoms with E-state index in [1.54, 1.807) is 19.2 Å². The van der Waals surface area contributed by atoms with E-state index >= 15 is 0 Å². The van der Waals surface area contributed by atoms with Gasteiger partial charge in [-0.3, -0.25) is 0 Å². The highest BCUT2D eigenvalue weighted by molar-refractivity contribution is 14.1. The van der Waals surface area contributed by atoms with Crippen molar-refractivity contribution in [1.82, 2.24) is 9.97 Å². The van der Waals surface area contributed by atoms with Crippen LogP contribution in [0.5, 0.6) is 11.5 Å². The maximum Gasteiger partial charge on any atom is 0.162 e. The molecule has 6 nitrogen and oxygen atoms in total. The fourth-order valence-electron chi connectivity index (χ4n) is 1.70. The first-order valence-electron chi connectivity index (χ1n) is 5.75. The van der Waals surface area contributed by atoms with Crippen molar-refractivity contribution in [3.05, 3.63) is 27.5 Å². The molecule has 0 atom stereocenters. The zero-order chi connectivity index (χ0) is 14.7. The highest BCUT2D eigenvalue weighted by atomic mass is 127. The molecule has 1 heterocycles. The number of halogens is 1. The molecule has 0 fully saturated rings. The molecule has 0 saturated heterocycles. The molecular formula is C13H14IN3O3. The molecular weight excluding hydrogens is 373 g/mol. The average molecular weight is 387 g/mol. The van der Waals surface area contributed by atoms with Gasteiger partial charge in [-0.2, -0.15) is 0 Å². The third kappa shape index (κ3) is 2.93. The third-order valence-corrected chi connectivity index (χ3v) is 3.84. The van der Waals surface area contributed by atoms with E-state index in [1.165, 1.54) is 13.2 Å². The summed E-state index contributed by atoms with van der Waals surface area (Å²) >= 11 is 2.08. The van der Waals surface area contributed by atoms with E-state index in [0.717, 1.165) is 3.57 Å². The molecule has 0 bridgehead atoms. The van der Waals surface area contributed by atoms with Crippen molar-refractivity contribution in [3.63, 3.8) is 0 Å². The lowest BCUT2D eigenvalue weighted by Gasteiger charge is -2.09. The van der Waals surface area contributed by atoms with Crippen LogP contribution in [0, 0.1) is 3.57 Å². The fraction of sp³-hybridized carbons (Fsp3) is 0.231. The molecule has 0 saturated carbocycles. The Bertz CT molecular complexity index is 634. The summed E-state index contributed by atoms with van der Waals surface area (Å²) in [5, 5.41) is 9.81. The number of anilines is 1. The molecule has 0 aliphatic heterocycles. The Kier molecular flexibility index (Phi) is 4.61. The lowest BCUT2D eigenvalue weighted by atomic mass is 10.2. The van der Waals surface area contributed by atoms with Gasteiger partial charge in [0.25, 0.3) is 0 Å². The third-order valence-electron chi connectivity index (χ3n) is 2.66. The Morgan fingerprint density at radius 3 is 2.65 bits per heavy atom. The summed E-state index contributed by atoms with van der Waals surface area (Å²) in [5.74, 6) is 1.24. The van der Waals surface area contributed by atoms with Crippen LogP contribution < -0.4 is 10.5 Å². The first kappa shape index (κ1) is 14.8. The van der Waals surface area contributed by atoms with Gasteiger partial charge >= 0.3 is 0 Å². The number of benzene rings is 1. The van der Waals surface area contributed by atoms with Crippen LogP contribution in [-0.2, 0) is 11.3 Å². The standard InChI is InChI=1S/C13H14IN3O3/c1-19-6-8-11(14)12(15)17-13(16-8)7-3-4-10(20-2)9(18)5-7/h3-5,18H,6H2,1-2H3,(H2,15,16,17). The van der Waals surface area contributed by atoms with Crippen molar-refractivity contribution >= 4 is 28.4 Å². The Morgan fingerprint density at radius 1 is 1.30 bits per heavy atom. The quantitative estimate of drug-likeness (QED) is 0.782. The van der Waals surface area contributed by atoms with E-state index in [4.69, 9.17) is 15.2 Å². The normalized spacial score (nSPS) is 10.6. The van der Waals surface area contributed by atoms with Gasteiger partial charge in [-0.25, -0.2) is 9.97 Å². The molecule has 20 heavy (non-hydrogen) atoms. The highest BCUT2D eigenvalue weighted by Gasteiger charge is 2.13. The van der Waals surface area contributed by atoms with Crippen molar-refractivity contribution < 1.29 is 14.6 Å². The van der Waals surface area contributed by atoms with Crippen LogP contribution in [-0.4, -0.2) is 29.3 Å². The van der Waals surface area contributed by atoms with Crippen LogP contribution in [0.15, 0.2) is 18.2 Å². The number of phenolic OH excluding ortho intramolecular Hbond substituents is 1. The van der Waals surface area contributed by atoms with Crippen molar-refractivity contribution in [2.75, 3.05) is 20.0 Å². The molecule has 0 aliphatic rings. The minimum atomic E-state index is 0.0269. The number of hydrogen-bond donors (Lipinski definition) is 2. The van der Waals surface area contributed by atoms with Crippen LogP contribution in [0.4, 0.5) is 5.82 Å². The number of ether oxygens (including phenoxy) is 2. The smallest absolute Gasteiger partial charge is 0.162 e. The topological polar surface area (TPSA) is 90.5 Å². The van der Waals surface area contributed by atoms with Gasteiger partial charge in [-0.15, -0.1) is 0 Å². The number of nitrogens with zero attached hydrogens (tertiary/aromatic N) is 2. The molecule has 0 unspecified atom stereocenters. The molecule has 1 aromatic carbocycles. The van der Waals surface area contributed by atoms with E-state index in [-0.39, 0.29) is 5.75 Å². The molecule has 0 aliphatic carbocycles. The number of rotatable bonds is 4. The summed E-state index contributed by atoms with van der Waals surface area (Å²) < 4.78 is 10.9. The van der Waals surface area contributed by atoms with E-state index < -0.39 is 0 Å². The van der Waals surface area contributed by atoms with Gasteiger partial charge in [0.1, 0.15) is 5.82 Å². The molecule has 1 aromatic heterocycles. The van der Waals surface area contributed by atoms with Crippen LogP contribution in [0.1, 0.15) is 5.69 Å². The zero-order valence-electron chi connectivity index (χ0n) is 11.1. The average Bonchev–Trinajstić information content (AvgIpc) is 2.43. The first-order chi connectivity index (χ1) is 9.56. The van der Waals surface area contributed by atoms with Crippen molar-refractivity contribution in [3.8, 4) is 22.9 Å². The van der Waals surface area contributed by atoms with Crippen molar-refractivity contribution in [1.29, 1.82) is 0 Å². The van der Waals surface area contributed by atoms with Crippen LogP contribution >= 0.6 is 22.6 Å². The lowest BCUT2D eigenvalue weighted by molar-refractivity contribution is 0.181. The predicted molar refractivity (Wildman–Crippen MR) is 83.5 cm³/mol. The highest BCUT2D eigenvalue weighted by Crippen LogP contribution is 2.31. The summed E-state index contributed by atoms with van der Waals surface area (Å²) in [6.45, 7) is 0.347. The maximum atomic E-state index is 9.81. The summed E-state index contributed by atoms with van der Waals surface area (Å²) in [4.78, 5) is 8.65. The zero-order valence-corrected chi connectivity index (χ0v) is 13.2. The largest absolute Gasteiger partial charge is 0.504 e. The predicted octanol–water partition coefficient (Wildman–Crippen LogP) is 2.19. The van der Waals surface area contributed by atoms with Gasteiger partial charge in [-0.05, 0) is 40.8 Å². The van der Waals surface area contributed by atoms with Crippen molar-refractivity contribution in [2.24, 2.45) is 0 Å². The molecule has 0 spiro atoms. The molecule has 2 rings (SSSR count). The van der Waals surface area contributed by atoms with Crippen LogP contribution in [0.3, 0.4) is 0 Å². The SMILES string of the molecule is COCc1nc(-c2ccc(OC)c(O)c2)nc(N)c1I. The summed E-state index contributed by atoms with van der Waals surface area (Å²) in [6.07, 6.45) is 0. The summed E-state index contributed by atoms with van der Waals surface area (Å²) in [5.41, 5.74) is 7.25. The van der Waals surface area contributed by atoms with Crippen molar-refractivity contribution in [2.45, 2.75) is 6.61 Å². The fourth-order valence-corrected chi connectivity index (χ4v) is 2.10.